The Kier molecular flexibility index (Phi) is 21.7. The predicted molar refractivity (Wildman–Crippen MR) is 268 cm³/mol. The Morgan fingerprint density at radius 3 is 1.81 bits per heavy atom. The largest absolute Gasteiger partial charge is 0.480 e. The molecule has 384 valence electrons. The third-order valence-electron chi connectivity index (χ3n) is 11.3. The van der Waals surface area contributed by atoms with Gasteiger partial charge in [0.2, 0.25) is 47.3 Å². The van der Waals surface area contributed by atoms with Crippen molar-refractivity contribution in [2.75, 3.05) is 6.54 Å². The molecule has 13 N–H and O–H groups in total. The van der Waals surface area contributed by atoms with E-state index >= 15 is 0 Å². The van der Waals surface area contributed by atoms with E-state index in [1.807, 2.05) is 12.1 Å². The summed E-state index contributed by atoms with van der Waals surface area (Å²) in [6.07, 6.45) is -0.293. The maximum absolute atomic E-state index is 14.6. The molecule has 0 fully saturated rings. The number of nitrogens with two attached hydrogens (primary N) is 2. The molecule has 0 aliphatic heterocycles. The number of fused-ring (bicyclic) bond motifs is 1. The summed E-state index contributed by atoms with van der Waals surface area (Å²) >= 11 is 8.88. The highest BCUT2D eigenvalue weighted by atomic mass is 32.1. The maximum Gasteiger partial charge on any atom is 0.326 e. The maximum atomic E-state index is 14.6. The number of unbranched alkanes of at least 4 members (excludes halogenated alkanes) is 1. The molecule has 0 saturated carbocycles. The van der Waals surface area contributed by atoms with Crippen molar-refractivity contribution in [2.24, 2.45) is 18.5 Å². The van der Waals surface area contributed by atoms with Crippen molar-refractivity contribution in [3.63, 3.8) is 0 Å². The molecule has 0 saturated heterocycles. The van der Waals surface area contributed by atoms with E-state index in [9.17, 15) is 53.4 Å². The number of carboxylic acids is 1. The van der Waals surface area contributed by atoms with Crippen molar-refractivity contribution in [2.45, 2.75) is 138 Å². The molecule has 21 nitrogen and oxygen atoms in total. The van der Waals surface area contributed by atoms with Gasteiger partial charge >= 0.3 is 5.97 Å². The zero-order valence-corrected chi connectivity index (χ0v) is 42.2. The minimum Gasteiger partial charge on any atom is -0.480 e. The number of aliphatic carboxylic acids is 1. The molecule has 3 aromatic rings. The molecule has 23 heteroatoms. The van der Waals surface area contributed by atoms with Crippen molar-refractivity contribution < 1.29 is 53.4 Å². The predicted octanol–water partition coefficient (Wildman–Crippen LogP) is -0.736. The summed E-state index contributed by atoms with van der Waals surface area (Å²) in [6.45, 7) is 8.93. The van der Waals surface area contributed by atoms with Crippen LogP contribution in [0.15, 0.2) is 60.8 Å². The van der Waals surface area contributed by atoms with Gasteiger partial charge < -0.3 is 63.5 Å². The average molecular weight is 1010 g/mol. The summed E-state index contributed by atoms with van der Waals surface area (Å²) in [4.78, 5) is 120. The molecule has 0 spiro atoms. The number of nitrogens with one attached hydrogen (secondary N) is 7. The number of aryl methyl sites for hydroxylation is 1. The normalized spacial score (nSPS) is 15.1. The van der Waals surface area contributed by atoms with Crippen LogP contribution in [0.5, 0.6) is 0 Å². The second kappa shape index (κ2) is 26.2. The number of amides is 8. The van der Waals surface area contributed by atoms with Crippen LogP contribution in [0.25, 0.3) is 10.9 Å². The topological polar surface area (TPSA) is 335 Å². The monoisotopic (exact) mass is 1010 g/mol. The first kappa shape index (κ1) is 58.1. The third kappa shape index (κ3) is 18.0. The Hall–Kier alpha value is -6.17. The number of hydrogen-bond acceptors (Lipinski definition) is 13. The number of nitrogens with zero attached hydrogens (tertiary/aromatic N) is 1. The second-order valence-electron chi connectivity index (χ2n) is 18.4. The van der Waals surface area contributed by atoms with Crippen LogP contribution in [-0.4, -0.2) is 132 Å². The van der Waals surface area contributed by atoms with Crippen LogP contribution in [0.3, 0.4) is 0 Å². The van der Waals surface area contributed by atoms with Gasteiger partial charge in [-0.2, -0.15) is 25.3 Å². The molecule has 2 aromatic carbocycles. The van der Waals surface area contributed by atoms with Crippen molar-refractivity contribution in [3.8, 4) is 0 Å². The zero-order valence-electron chi connectivity index (χ0n) is 40.4. The van der Waals surface area contributed by atoms with Gasteiger partial charge in [0.1, 0.15) is 36.3 Å². The summed E-state index contributed by atoms with van der Waals surface area (Å²) in [7, 11) is 1.78. The quantitative estimate of drug-likeness (QED) is 0.0332. The lowest BCUT2D eigenvalue weighted by atomic mass is 9.99. The van der Waals surface area contributed by atoms with E-state index in [4.69, 9.17) is 11.5 Å². The molecule has 0 aliphatic carbocycles. The fraction of sp³-hybridized carbons (Fsp3) is 0.511. The van der Waals surface area contributed by atoms with Crippen LogP contribution in [-0.2, 0) is 63.0 Å². The number of carboxylic acid groups (broad SMARTS) is 1. The van der Waals surface area contributed by atoms with Crippen LogP contribution < -0.4 is 48.7 Å². The number of benzene rings is 2. The van der Waals surface area contributed by atoms with Crippen LogP contribution >= 0.6 is 25.3 Å². The first-order chi connectivity index (χ1) is 32.6. The van der Waals surface area contributed by atoms with Crippen LogP contribution in [0.2, 0.25) is 0 Å². The molecule has 1 heterocycles. The molecular formula is C47H68N10O11S2. The van der Waals surface area contributed by atoms with Gasteiger partial charge in [0.25, 0.3) is 0 Å². The number of aromatic nitrogens is 1. The minimum atomic E-state index is -1.79. The number of para-hydroxylation sites is 1. The molecule has 8 amide bonds. The van der Waals surface area contributed by atoms with E-state index in [-0.39, 0.29) is 38.1 Å². The summed E-state index contributed by atoms with van der Waals surface area (Å²) in [5, 5.41) is 39.4. The molecule has 70 heavy (non-hydrogen) atoms. The van der Waals surface area contributed by atoms with Gasteiger partial charge in [-0.1, -0.05) is 48.5 Å². The van der Waals surface area contributed by atoms with E-state index in [1.165, 1.54) is 27.7 Å². The molecule has 8 atom stereocenters. The van der Waals surface area contributed by atoms with Crippen molar-refractivity contribution in [3.05, 3.63) is 71.9 Å². The molecule has 0 bridgehead atoms. The van der Waals surface area contributed by atoms with E-state index in [0.717, 1.165) is 5.52 Å². The van der Waals surface area contributed by atoms with Crippen LogP contribution in [0, 0.1) is 0 Å². The van der Waals surface area contributed by atoms with E-state index in [0.29, 0.717) is 22.9 Å². The standard InChI is InChI=1S/C47H68N10O11S2/c1-25(58)36(55-41(63)32(23-35(48)60)53-43(65)37(49)46(3,4)69)42(64)52-31(22-28-24-57(7)34-19-12-11-17-29(28)34)40(62)51-30(18-13-14-20-50-26(2)59)39(61)56-38(47(5,6)70)44(66)54-33(45(67)68)21-27-15-9-8-10-16-27/h8-12,15-17,19,24-25,30-33,36-38,58,69-70H,13-14,18,20-23,49H2,1-7H3,(H2,48,60)(H,50,59)(H,51,62)(H,52,64)(H,53,65)(H,54,66)(H,55,63)(H,56,61)(H,67,68)/t25-,30+,31+,32+,33+,36+,37-,38-/m1/s1. The van der Waals surface area contributed by atoms with Gasteiger partial charge in [0.05, 0.1) is 18.6 Å². The molecule has 0 radical (unpaired) electrons. The molecular weight excluding hydrogens is 945 g/mol. The number of aliphatic hydroxyl groups is 1. The van der Waals surface area contributed by atoms with E-state index in [1.54, 1.807) is 74.1 Å². The number of primary amides is 1. The lowest BCUT2D eigenvalue weighted by Crippen LogP contribution is -2.63. The Labute approximate surface area is 418 Å². The number of thiol groups is 2. The van der Waals surface area contributed by atoms with Gasteiger partial charge in [-0.25, -0.2) is 4.79 Å². The zero-order chi connectivity index (χ0) is 52.7. The van der Waals surface area contributed by atoms with E-state index in [2.05, 4.69) is 62.5 Å². The summed E-state index contributed by atoms with van der Waals surface area (Å²) in [6, 6.07) is 5.38. The summed E-state index contributed by atoms with van der Waals surface area (Å²) in [5.74, 6) is -8.26. The lowest BCUT2D eigenvalue weighted by molar-refractivity contribution is -0.142. The van der Waals surface area contributed by atoms with Crippen LogP contribution in [0.4, 0.5) is 0 Å². The Balaban J connectivity index is 2.01. The van der Waals surface area contributed by atoms with Gasteiger partial charge in [0, 0.05) is 60.0 Å². The fourth-order valence-electron chi connectivity index (χ4n) is 7.32. The molecule has 1 aromatic heterocycles. The SMILES string of the molecule is CC(=O)NCCCC[C@H](NC(=O)[C@H](Cc1cn(C)c2ccccc12)NC(=O)[C@@H](NC(=O)[C@H](CC(N)=O)NC(=O)[C@@H](N)C(C)(C)S)[C@@H](C)O)C(=O)N[C@H](C(=O)N[C@@H](Cc1ccccc1)C(=O)O)C(C)(C)S. The fourth-order valence-corrected chi connectivity index (χ4v) is 7.62. The first-order valence-corrected chi connectivity index (χ1v) is 23.5. The smallest absolute Gasteiger partial charge is 0.326 e. The average Bonchev–Trinajstić information content (AvgIpc) is 3.58. The second-order valence-corrected chi connectivity index (χ2v) is 20.7. The number of carbonyl (C=O) groups excluding carboxylic acids is 8. The lowest BCUT2D eigenvalue weighted by Gasteiger charge is -2.32. The number of hydrogen-bond donors (Lipinski definition) is 13. The minimum absolute atomic E-state index is 0.0490. The van der Waals surface area contributed by atoms with Gasteiger partial charge in [-0.3, -0.25) is 38.4 Å². The third-order valence-corrected chi connectivity index (χ3v) is 11.8. The van der Waals surface area contributed by atoms with Gasteiger partial charge in [0.15, 0.2) is 0 Å². The summed E-state index contributed by atoms with van der Waals surface area (Å²) in [5.41, 5.74) is 13.4. The number of carbonyl (C=O) groups is 9. The molecule has 3 rings (SSSR count). The summed E-state index contributed by atoms with van der Waals surface area (Å²) < 4.78 is -0.548. The highest BCUT2D eigenvalue weighted by molar-refractivity contribution is 7.82. The van der Waals surface area contributed by atoms with Crippen molar-refractivity contribution in [1.29, 1.82) is 0 Å². The molecule has 0 aliphatic rings. The Bertz CT molecular complexity index is 2350. The van der Waals surface area contributed by atoms with Gasteiger partial charge in [-0.05, 0) is 71.1 Å². The van der Waals surface area contributed by atoms with Crippen LogP contribution in [0.1, 0.15) is 78.4 Å². The van der Waals surface area contributed by atoms with E-state index < -0.39 is 112 Å². The number of rotatable bonds is 27. The molecule has 0 unspecified atom stereocenters. The first-order valence-electron chi connectivity index (χ1n) is 22.6. The Morgan fingerprint density at radius 1 is 0.686 bits per heavy atom. The number of aliphatic hydroxyl groups excluding tert-OH is 1. The van der Waals surface area contributed by atoms with Crippen molar-refractivity contribution >= 4 is 89.4 Å². The Morgan fingerprint density at radius 2 is 1.24 bits per heavy atom. The highest BCUT2D eigenvalue weighted by Crippen LogP contribution is 2.23. The highest BCUT2D eigenvalue weighted by Gasteiger charge is 2.39. The van der Waals surface area contributed by atoms with Crippen molar-refractivity contribution in [1.82, 2.24) is 41.8 Å². The van der Waals surface area contributed by atoms with Gasteiger partial charge in [-0.15, -0.1) is 0 Å².